The molecule has 2 aliphatic rings. The van der Waals surface area contributed by atoms with E-state index in [-0.39, 0.29) is 30.3 Å². The number of aliphatic carboxylic acids is 1. The van der Waals surface area contributed by atoms with Gasteiger partial charge in [-0.25, -0.2) is 9.59 Å². The molecule has 4 rings (SSSR count). The van der Waals surface area contributed by atoms with E-state index in [1.807, 2.05) is 24.3 Å². The summed E-state index contributed by atoms with van der Waals surface area (Å²) in [5, 5.41) is 14.7. The molecule has 7 heteroatoms. The molecule has 2 aromatic carbocycles. The third-order valence-electron chi connectivity index (χ3n) is 6.82. The Morgan fingerprint density at radius 1 is 1.00 bits per heavy atom. The molecule has 1 saturated carbocycles. The van der Waals surface area contributed by atoms with Gasteiger partial charge in [-0.3, -0.25) is 4.79 Å². The number of carbonyl (C=O) groups excluding carboxylic acids is 2. The van der Waals surface area contributed by atoms with Crippen molar-refractivity contribution in [2.24, 2.45) is 11.8 Å². The van der Waals surface area contributed by atoms with E-state index in [9.17, 15) is 19.5 Å². The summed E-state index contributed by atoms with van der Waals surface area (Å²) in [4.78, 5) is 36.4. The van der Waals surface area contributed by atoms with Crippen LogP contribution in [0.1, 0.15) is 50.2 Å². The monoisotopic (exact) mass is 450 g/mol. The maximum Gasteiger partial charge on any atom is 0.407 e. The number of rotatable bonds is 7. The summed E-state index contributed by atoms with van der Waals surface area (Å²) in [5.74, 6) is -1.74. The third kappa shape index (κ3) is 4.72. The summed E-state index contributed by atoms with van der Waals surface area (Å²) in [6, 6.07) is 16.3. The summed E-state index contributed by atoms with van der Waals surface area (Å²) in [6.45, 7) is 3.49. The van der Waals surface area contributed by atoms with Gasteiger partial charge in [0.25, 0.3) is 0 Å². The van der Waals surface area contributed by atoms with Crippen molar-refractivity contribution in [2.45, 2.75) is 44.6 Å². The van der Waals surface area contributed by atoms with Gasteiger partial charge >= 0.3 is 12.1 Å². The second-order valence-corrected chi connectivity index (χ2v) is 9.42. The number of ether oxygens (including phenoxy) is 1. The van der Waals surface area contributed by atoms with Crippen LogP contribution >= 0.6 is 0 Å². The van der Waals surface area contributed by atoms with E-state index in [4.69, 9.17) is 4.74 Å². The van der Waals surface area contributed by atoms with Gasteiger partial charge in [-0.05, 0) is 54.9 Å². The topological polar surface area (TPSA) is 105 Å². The van der Waals surface area contributed by atoms with E-state index >= 15 is 0 Å². The van der Waals surface area contributed by atoms with Gasteiger partial charge in [0.1, 0.15) is 12.1 Å². The first-order chi connectivity index (χ1) is 15.8. The molecule has 7 nitrogen and oxygen atoms in total. The fourth-order valence-corrected chi connectivity index (χ4v) is 4.94. The molecule has 2 atom stereocenters. The second-order valence-electron chi connectivity index (χ2n) is 9.42. The van der Waals surface area contributed by atoms with Gasteiger partial charge in [0.05, 0.1) is 0 Å². The molecule has 2 aliphatic carbocycles. The normalized spacial score (nSPS) is 19.5. The molecule has 0 spiro atoms. The summed E-state index contributed by atoms with van der Waals surface area (Å²) in [5.41, 5.74) is 3.32. The highest BCUT2D eigenvalue weighted by molar-refractivity contribution is 5.87. The van der Waals surface area contributed by atoms with Crippen LogP contribution in [0.25, 0.3) is 11.1 Å². The fourth-order valence-electron chi connectivity index (χ4n) is 4.94. The first-order valence-electron chi connectivity index (χ1n) is 11.4. The van der Waals surface area contributed by atoms with Gasteiger partial charge in [0, 0.05) is 18.4 Å². The lowest BCUT2D eigenvalue weighted by Gasteiger charge is -2.26. The van der Waals surface area contributed by atoms with Crippen molar-refractivity contribution in [3.8, 4) is 11.1 Å². The van der Waals surface area contributed by atoms with Gasteiger partial charge in [-0.2, -0.15) is 0 Å². The maximum atomic E-state index is 12.6. The zero-order chi connectivity index (χ0) is 23.6. The summed E-state index contributed by atoms with van der Waals surface area (Å²) < 4.78 is 5.58. The van der Waals surface area contributed by atoms with E-state index in [2.05, 4.69) is 34.9 Å². The lowest BCUT2D eigenvalue weighted by molar-refractivity contribution is -0.146. The van der Waals surface area contributed by atoms with Crippen LogP contribution in [0, 0.1) is 11.8 Å². The van der Waals surface area contributed by atoms with Crippen LogP contribution in [-0.4, -0.2) is 41.8 Å². The van der Waals surface area contributed by atoms with E-state index in [1.54, 1.807) is 0 Å². The van der Waals surface area contributed by atoms with E-state index in [1.165, 1.54) is 25.0 Å². The van der Waals surface area contributed by atoms with E-state index in [0.29, 0.717) is 13.0 Å². The minimum atomic E-state index is -1.33. The number of carboxylic acid groups (broad SMARTS) is 1. The lowest BCUT2D eigenvalue weighted by atomic mass is 9.93. The number of carboxylic acids is 1. The Balaban J connectivity index is 1.32. The molecule has 2 aromatic rings. The number of alkyl carbamates (subject to hydrolysis) is 1. The summed E-state index contributed by atoms with van der Waals surface area (Å²) >= 11 is 0. The van der Waals surface area contributed by atoms with Crippen molar-refractivity contribution in [1.82, 2.24) is 10.6 Å². The highest BCUT2D eigenvalue weighted by atomic mass is 16.5. The maximum absolute atomic E-state index is 12.6. The number of carbonyl (C=O) groups is 3. The van der Waals surface area contributed by atoms with Gasteiger partial charge in [0.2, 0.25) is 5.91 Å². The van der Waals surface area contributed by atoms with Gasteiger partial charge in [0.15, 0.2) is 0 Å². The van der Waals surface area contributed by atoms with Gasteiger partial charge in [-0.15, -0.1) is 0 Å². The third-order valence-corrected chi connectivity index (χ3v) is 6.82. The summed E-state index contributed by atoms with van der Waals surface area (Å²) in [6.07, 6.45) is 1.84. The Morgan fingerprint density at radius 2 is 1.61 bits per heavy atom. The van der Waals surface area contributed by atoms with Gasteiger partial charge in [-0.1, -0.05) is 55.0 Å². The average Bonchev–Trinajstić information content (AvgIpc) is 3.39. The molecular formula is C26H30N2O5. The molecular weight excluding hydrogens is 420 g/mol. The zero-order valence-electron chi connectivity index (χ0n) is 19.0. The zero-order valence-corrected chi connectivity index (χ0v) is 19.0. The minimum Gasteiger partial charge on any atom is -0.480 e. The molecule has 0 aromatic heterocycles. The lowest BCUT2D eigenvalue weighted by Crippen LogP contribution is -2.52. The van der Waals surface area contributed by atoms with Crippen LogP contribution < -0.4 is 10.6 Å². The van der Waals surface area contributed by atoms with Gasteiger partial charge < -0.3 is 20.5 Å². The molecule has 1 fully saturated rings. The van der Waals surface area contributed by atoms with Crippen molar-refractivity contribution >= 4 is 18.0 Å². The number of fused-ring (bicyclic) bond motifs is 3. The Labute approximate surface area is 193 Å². The number of hydrogen-bond donors (Lipinski definition) is 3. The van der Waals surface area contributed by atoms with E-state index in [0.717, 1.165) is 24.0 Å². The molecule has 0 unspecified atom stereocenters. The molecule has 0 heterocycles. The molecule has 2 amide bonds. The molecule has 0 radical (unpaired) electrons. The largest absolute Gasteiger partial charge is 0.480 e. The average molecular weight is 451 g/mol. The number of benzene rings is 2. The van der Waals surface area contributed by atoms with Crippen molar-refractivity contribution in [3.63, 3.8) is 0 Å². The highest BCUT2D eigenvalue weighted by Crippen LogP contribution is 2.44. The van der Waals surface area contributed by atoms with Crippen LogP contribution in [0.2, 0.25) is 0 Å². The predicted octanol–water partition coefficient (Wildman–Crippen LogP) is 3.92. The standard InChI is InChI=1S/C26H30N2O5/c1-26(2,24(30)31)28-23(29)17-13-7-8-16(17)14-27-25(32)33-15-22-20-11-5-3-9-18(20)19-10-4-6-12-21(19)22/h3-6,9-12,16-17,22H,7-8,13-15H2,1-2H3,(H,27,32)(H,28,29)(H,30,31)/t16-,17-/m1/s1. The minimum absolute atomic E-state index is 0.00796. The first kappa shape index (κ1) is 22.8. The van der Waals surface area contributed by atoms with Crippen LogP contribution in [0.3, 0.4) is 0 Å². The molecule has 174 valence electrons. The Kier molecular flexibility index (Phi) is 6.40. The van der Waals surface area contributed by atoms with Crippen LogP contribution in [0.4, 0.5) is 4.79 Å². The molecule has 0 saturated heterocycles. The number of amides is 2. The molecule has 0 bridgehead atoms. The first-order valence-corrected chi connectivity index (χ1v) is 11.4. The van der Waals surface area contributed by atoms with Crippen LogP contribution in [-0.2, 0) is 14.3 Å². The van der Waals surface area contributed by atoms with Crippen molar-refractivity contribution < 1.29 is 24.2 Å². The van der Waals surface area contributed by atoms with Crippen molar-refractivity contribution in [1.29, 1.82) is 0 Å². The fraction of sp³-hybridized carbons (Fsp3) is 0.423. The number of nitrogens with one attached hydrogen (secondary N) is 2. The van der Waals surface area contributed by atoms with E-state index < -0.39 is 17.6 Å². The van der Waals surface area contributed by atoms with Crippen LogP contribution in [0.15, 0.2) is 48.5 Å². The highest BCUT2D eigenvalue weighted by Gasteiger charge is 2.38. The Bertz CT molecular complexity index is 1020. The predicted molar refractivity (Wildman–Crippen MR) is 124 cm³/mol. The van der Waals surface area contributed by atoms with Crippen molar-refractivity contribution in [3.05, 3.63) is 59.7 Å². The Hall–Kier alpha value is -3.35. The quantitative estimate of drug-likeness (QED) is 0.593. The molecule has 3 N–H and O–H groups in total. The number of hydrogen-bond acceptors (Lipinski definition) is 4. The molecule has 0 aliphatic heterocycles. The smallest absolute Gasteiger partial charge is 0.407 e. The summed E-state index contributed by atoms with van der Waals surface area (Å²) in [7, 11) is 0. The SMILES string of the molecule is CC(C)(NC(=O)[C@@H]1CCC[C@@H]1CNC(=O)OCC1c2ccccc2-c2ccccc21)C(=O)O. The second kappa shape index (κ2) is 9.25. The molecule has 33 heavy (non-hydrogen) atoms. The Morgan fingerprint density at radius 3 is 2.21 bits per heavy atom. The van der Waals surface area contributed by atoms with Crippen LogP contribution in [0.5, 0.6) is 0 Å². The van der Waals surface area contributed by atoms with Crippen molar-refractivity contribution in [2.75, 3.05) is 13.2 Å².